The average Bonchev–Trinajstić information content (AvgIpc) is 2.47. The number of carbonyl (C=O) groups is 1. The lowest BCUT2D eigenvalue weighted by molar-refractivity contribution is -0.160. The summed E-state index contributed by atoms with van der Waals surface area (Å²) >= 11 is 0. The molecule has 1 aliphatic carbocycles. The molecule has 7 heteroatoms. The van der Waals surface area contributed by atoms with Crippen LogP contribution in [0.4, 0.5) is 0 Å². The molecule has 0 aromatic carbocycles. The fraction of sp³-hybridized carbons (Fsp3) is 0.923. The summed E-state index contributed by atoms with van der Waals surface area (Å²) < 4.78 is 10.7. The molecular formula is C13H24N4O3. The molecule has 0 aromatic rings. The Labute approximate surface area is 119 Å². The van der Waals surface area contributed by atoms with Crippen LogP contribution in [0.3, 0.4) is 0 Å². The number of nitrogens with zero attached hydrogens (tertiary/aromatic N) is 3. The second-order valence-electron chi connectivity index (χ2n) is 4.90. The predicted octanol–water partition coefficient (Wildman–Crippen LogP) is 2.17. The highest BCUT2D eigenvalue weighted by Crippen LogP contribution is 2.32. The Morgan fingerprint density at radius 3 is 3.00 bits per heavy atom. The van der Waals surface area contributed by atoms with E-state index in [0.29, 0.717) is 32.5 Å². The minimum Gasteiger partial charge on any atom is -0.465 e. The second kappa shape index (κ2) is 8.79. The van der Waals surface area contributed by atoms with Crippen molar-refractivity contribution in [3.05, 3.63) is 10.4 Å². The van der Waals surface area contributed by atoms with Crippen LogP contribution >= 0.6 is 0 Å². The Kier molecular flexibility index (Phi) is 7.36. The molecule has 114 valence electrons. The van der Waals surface area contributed by atoms with E-state index in [1.807, 2.05) is 0 Å². The molecule has 1 saturated carbocycles. The SMILES string of the molecule is CCOC(=O)C1(NCCCN=[N+]=[N-])CCCCC1OC. The Balaban J connectivity index is 2.71. The van der Waals surface area contributed by atoms with E-state index < -0.39 is 5.54 Å². The number of methoxy groups -OCH3 is 1. The lowest BCUT2D eigenvalue weighted by Gasteiger charge is -2.41. The second-order valence-corrected chi connectivity index (χ2v) is 4.90. The molecule has 20 heavy (non-hydrogen) atoms. The maximum absolute atomic E-state index is 12.4. The standard InChI is InChI=1S/C13H24N4O3/c1-3-20-12(18)13(15-9-6-10-16-17-14)8-5-4-7-11(13)19-2/h11,15H,3-10H2,1-2H3. The molecule has 0 saturated heterocycles. The highest BCUT2D eigenvalue weighted by atomic mass is 16.5. The summed E-state index contributed by atoms with van der Waals surface area (Å²) in [6.07, 6.45) is 4.10. The third kappa shape index (κ3) is 4.10. The number of carbonyl (C=O) groups excluding carboxylic acids is 1. The van der Waals surface area contributed by atoms with Gasteiger partial charge in [-0.25, -0.2) is 4.79 Å². The summed E-state index contributed by atoms with van der Waals surface area (Å²) in [6, 6.07) is 0. The first kappa shape index (κ1) is 16.8. The van der Waals surface area contributed by atoms with Gasteiger partial charge < -0.3 is 9.47 Å². The number of hydrogen-bond donors (Lipinski definition) is 1. The van der Waals surface area contributed by atoms with Crippen molar-refractivity contribution in [1.29, 1.82) is 0 Å². The van der Waals surface area contributed by atoms with Crippen LogP contribution in [0.5, 0.6) is 0 Å². The molecule has 1 aliphatic rings. The summed E-state index contributed by atoms with van der Waals surface area (Å²) in [5, 5.41) is 6.79. The minimum absolute atomic E-state index is 0.172. The van der Waals surface area contributed by atoms with Gasteiger partial charge in [-0.05, 0) is 38.3 Å². The van der Waals surface area contributed by atoms with Gasteiger partial charge in [-0.15, -0.1) is 0 Å². The van der Waals surface area contributed by atoms with E-state index in [2.05, 4.69) is 15.3 Å². The zero-order valence-electron chi connectivity index (χ0n) is 12.3. The molecule has 0 aliphatic heterocycles. The summed E-state index contributed by atoms with van der Waals surface area (Å²) in [7, 11) is 1.63. The summed E-state index contributed by atoms with van der Waals surface area (Å²) in [5.74, 6) is -0.240. The molecule has 1 rings (SSSR count). The largest absolute Gasteiger partial charge is 0.465 e. The van der Waals surface area contributed by atoms with Gasteiger partial charge in [-0.3, -0.25) is 5.32 Å². The molecular weight excluding hydrogens is 260 g/mol. The van der Waals surface area contributed by atoms with Crippen LogP contribution in [-0.2, 0) is 14.3 Å². The highest BCUT2D eigenvalue weighted by Gasteiger charge is 2.48. The van der Waals surface area contributed by atoms with Gasteiger partial charge in [0.05, 0.1) is 12.7 Å². The van der Waals surface area contributed by atoms with Crippen molar-refractivity contribution in [2.24, 2.45) is 5.11 Å². The fourth-order valence-electron chi connectivity index (χ4n) is 2.73. The third-order valence-corrected chi connectivity index (χ3v) is 3.70. The highest BCUT2D eigenvalue weighted by molar-refractivity contribution is 5.82. The van der Waals surface area contributed by atoms with Gasteiger partial charge in [0.1, 0.15) is 5.54 Å². The average molecular weight is 284 g/mol. The Hall–Kier alpha value is -1.30. The van der Waals surface area contributed by atoms with Crippen LogP contribution < -0.4 is 5.32 Å². The predicted molar refractivity (Wildman–Crippen MR) is 75.3 cm³/mol. The van der Waals surface area contributed by atoms with Crippen molar-refractivity contribution in [3.8, 4) is 0 Å². The van der Waals surface area contributed by atoms with E-state index in [9.17, 15) is 4.79 Å². The first-order valence-electron chi connectivity index (χ1n) is 7.17. The lowest BCUT2D eigenvalue weighted by Crippen LogP contribution is -2.63. The normalized spacial score (nSPS) is 25.8. The molecule has 2 atom stereocenters. The van der Waals surface area contributed by atoms with Gasteiger partial charge in [-0.1, -0.05) is 18.0 Å². The Bertz CT molecular complexity index is 358. The molecule has 1 fully saturated rings. The number of esters is 1. The lowest BCUT2D eigenvalue weighted by atomic mass is 9.78. The first-order valence-corrected chi connectivity index (χ1v) is 7.17. The van der Waals surface area contributed by atoms with E-state index in [4.69, 9.17) is 15.0 Å². The van der Waals surface area contributed by atoms with Crippen molar-refractivity contribution in [2.45, 2.75) is 50.7 Å². The van der Waals surface area contributed by atoms with Gasteiger partial charge in [0.2, 0.25) is 0 Å². The van der Waals surface area contributed by atoms with Crippen LogP contribution in [0.25, 0.3) is 10.4 Å². The fourth-order valence-corrected chi connectivity index (χ4v) is 2.73. The number of nitrogens with one attached hydrogen (secondary N) is 1. The monoisotopic (exact) mass is 284 g/mol. The van der Waals surface area contributed by atoms with Crippen molar-refractivity contribution in [3.63, 3.8) is 0 Å². The Morgan fingerprint density at radius 1 is 1.55 bits per heavy atom. The van der Waals surface area contributed by atoms with E-state index in [-0.39, 0.29) is 12.1 Å². The van der Waals surface area contributed by atoms with Crippen LogP contribution in [0.2, 0.25) is 0 Å². The van der Waals surface area contributed by atoms with Crippen molar-refractivity contribution in [2.75, 3.05) is 26.8 Å². The third-order valence-electron chi connectivity index (χ3n) is 3.70. The van der Waals surface area contributed by atoms with Gasteiger partial charge >= 0.3 is 5.97 Å². The van der Waals surface area contributed by atoms with Crippen molar-refractivity contribution >= 4 is 5.97 Å². The zero-order valence-corrected chi connectivity index (χ0v) is 12.3. The molecule has 0 heterocycles. The topological polar surface area (TPSA) is 96.3 Å². The van der Waals surface area contributed by atoms with Gasteiger partial charge in [-0.2, -0.15) is 0 Å². The van der Waals surface area contributed by atoms with Crippen LogP contribution in [0.15, 0.2) is 5.11 Å². The first-order chi connectivity index (χ1) is 9.71. The molecule has 0 bridgehead atoms. The smallest absolute Gasteiger partial charge is 0.329 e. The van der Waals surface area contributed by atoms with Gasteiger partial charge in [0.15, 0.2) is 0 Å². The summed E-state index contributed by atoms with van der Waals surface area (Å²) in [5.41, 5.74) is 7.48. The molecule has 0 radical (unpaired) electrons. The number of hydrogen-bond acceptors (Lipinski definition) is 5. The molecule has 7 nitrogen and oxygen atoms in total. The van der Waals surface area contributed by atoms with E-state index in [1.165, 1.54) is 0 Å². The molecule has 0 aromatic heterocycles. The summed E-state index contributed by atoms with van der Waals surface area (Å²) in [6.45, 7) is 3.17. The van der Waals surface area contributed by atoms with E-state index >= 15 is 0 Å². The number of ether oxygens (including phenoxy) is 2. The molecule has 0 amide bonds. The summed E-state index contributed by atoms with van der Waals surface area (Å²) in [4.78, 5) is 15.1. The van der Waals surface area contributed by atoms with Crippen LogP contribution in [0, 0.1) is 0 Å². The minimum atomic E-state index is -0.765. The Morgan fingerprint density at radius 2 is 2.35 bits per heavy atom. The van der Waals surface area contributed by atoms with Gasteiger partial charge in [0, 0.05) is 18.6 Å². The molecule has 0 spiro atoms. The molecule has 2 unspecified atom stereocenters. The van der Waals surface area contributed by atoms with Gasteiger partial charge in [0.25, 0.3) is 0 Å². The molecule has 1 N–H and O–H groups in total. The maximum Gasteiger partial charge on any atom is 0.329 e. The van der Waals surface area contributed by atoms with Crippen LogP contribution in [-0.4, -0.2) is 44.4 Å². The maximum atomic E-state index is 12.4. The van der Waals surface area contributed by atoms with Crippen molar-refractivity contribution in [1.82, 2.24) is 5.32 Å². The van der Waals surface area contributed by atoms with Crippen molar-refractivity contribution < 1.29 is 14.3 Å². The zero-order chi connectivity index (χ0) is 14.8. The van der Waals surface area contributed by atoms with E-state index in [0.717, 1.165) is 19.3 Å². The number of azide groups is 1. The number of rotatable bonds is 8. The van der Waals surface area contributed by atoms with Crippen LogP contribution in [0.1, 0.15) is 39.0 Å². The quantitative estimate of drug-likeness (QED) is 0.243. The van der Waals surface area contributed by atoms with E-state index in [1.54, 1.807) is 14.0 Å².